The van der Waals surface area contributed by atoms with Crippen molar-refractivity contribution in [2.75, 3.05) is 0 Å². The molecule has 0 unspecified atom stereocenters. The number of benzene rings is 1. The normalized spacial score (nSPS) is 11.1. The number of halogens is 1. The van der Waals surface area contributed by atoms with Gasteiger partial charge in [0, 0.05) is 5.02 Å². The van der Waals surface area contributed by atoms with Gasteiger partial charge >= 0.3 is 0 Å². The quantitative estimate of drug-likeness (QED) is 0.637. The molecule has 0 aliphatic heterocycles. The zero-order chi connectivity index (χ0) is 10.6. The maximum atomic E-state index is 5.81. The molecule has 1 aromatic rings. The van der Waals surface area contributed by atoms with Crippen LogP contribution in [0.1, 0.15) is 12.5 Å². The molecule has 0 aliphatic carbocycles. The maximum absolute atomic E-state index is 5.81. The van der Waals surface area contributed by atoms with Crippen LogP contribution in [0.5, 0.6) is 0 Å². The van der Waals surface area contributed by atoms with E-state index in [2.05, 4.69) is 13.2 Å². The van der Waals surface area contributed by atoms with Crippen LogP contribution in [0, 0.1) is 0 Å². The molecular weight excluding hydrogens is 192 g/mol. The summed E-state index contributed by atoms with van der Waals surface area (Å²) in [7, 11) is 0. The van der Waals surface area contributed by atoms with Crippen LogP contribution in [-0.2, 0) is 0 Å². The van der Waals surface area contributed by atoms with Crippen LogP contribution >= 0.6 is 11.6 Å². The third kappa shape index (κ3) is 2.61. The van der Waals surface area contributed by atoms with E-state index in [1.54, 1.807) is 6.08 Å². The summed E-state index contributed by atoms with van der Waals surface area (Å²) in [6.45, 7) is 9.58. The molecule has 14 heavy (non-hydrogen) atoms. The predicted octanol–water partition coefficient (Wildman–Crippen LogP) is 4.49. The lowest BCUT2D eigenvalue weighted by molar-refractivity contribution is 1.51. The average molecular weight is 205 g/mol. The van der Waals surface area contributed by atoms with Crippen molar-refractivity contribution in [3.05, 3.63) is 65.7 Å². The van der Waals surface area contributed by atoms with Gasteiger partial charge in [-0.2, -0.15) is 0 Å². The lowest BCUT2D eigenvalue weighted by Gasteiger charge is -2.06. The van der Waals surface area contributed by atoms with E-state index in [1.165, 1.54) is 0 Å². The number of hydrogen-bond donors (Lipinski definition) is 0. The van der Waals surface area contributed by atoms with Crippen LogP contribution in [0.4, 0.5) is 0 Å². The summed E-state index contributed by atoms with van der Waals surface area (Å²) >= 11 is 5.81. The van der Waals surface area contributed by atoms with Crippen LogP contribution in [0.3, 0.4) is 0 Å². The highest BCUT2D eigenvalue weighted by Gasteiger charge is 2.00. The molecule has 0 fully saturated rings. The Kier molecular flexibility index (Phi) is 3.73. The van der Waals surface area contributed by atoms with Gasteiger partial charge in [-0.25, -0.2) is 0 Å². The molecule has 0 saturated carbocycles. The van der Waals surface area contributed by atoms with E-state index in [0.29, 0.717) is 0 Å². The van der Waals surface area contributed by atoms with Gasteiger partial charge in [0.05, 0.1) is 0 Å². The van der Waals surface area contributed by atoms with Crippen molar-refractivity contribution in [1.29, 1.82) is 0 Å². The first-order chi connectivity index (χ1) is 6.65. The molecule has 0 bridgehead atoms. The van der Waals surface area contributed by atoms with Gasteiger partial charge in [-0.15, -0.1) is 0 Å². The second-order valence-corrected chi connectivity index (χ2v) is 3.54. The van der Waals surface area contributed by atoms with Gasteiger partial charge in [0.25, 0.3) is 0 Å². The Morgan fingerprint density at radius 1 is 1.29 bits per heavy atom. The zero-order valence-corrected chi connectivity index (χ0v) is 9.01. The predicted molar refractivity (Wildman–Crippen MR) is 64.4 cm³/mol. The molecule has 0 aromatic heterocycles. The molecule has 0 atom stereocenters. The molecule has 1 heteroatoms. The molecule has 0 N–H and O–H groups in total. The summed E-state index contributed by atoms with van der Waals surface area (Å²) in [6, 6.07) is 7.70. The Bertz CT molecular complexity index is 369. The van der Waals surface area contributed by atoms with E-state index in [4.69, 9.17) is 11.6 Å². The lowest BCUT2D eigenvalue weighted by atomic mass is 10.00. The Morgan fingerprint density at radius 2 is 1.86 bits per heavy atom. The fourth-order valence-electron chi connectivity index (χ4n) is 1.23. The van der Waals surface area contributed by atoms with Crippen LogP contribution < -0.4 is 0 Å². The van der Waals surface area contributed by atoms with Crippen molar-refractivity contribution in [2.45, 2.75) is 6.92 Å². The molecule has 1 aromatic carbocycles. The summed E-state index contributed by atoms with van der Waals surface area (Å²) in [6.07, 6.45) is 3.71. The van der Waals surface area contributed by atoms with Crippen molar-refractivity contribution in [3.63, 3.8) is 0 Å². The van der Waals surface area contributed by atoms with E-state index in [1.807, 2.05) is 37.3 Å². The van der Waals surface area contributed by atoms with E-state index in [-0.39, 0.29) is 0 Å². The van der Waals surface area contributed by atoms with Gasteiger partial charge in [0.2, 0.25) is 0 Å². The molecule has 0 amide bonds. The molecular formula is C13H13Cl. The molecule has 0 radical (unpaired) electrons. The van der Waals surface area contributed by atoms with E-state index >= 15 is 0 Å². The fourth-order valence-corrected chi connectivity index (χ4v) is 1.36. The summed E-state index contributed by atoms with van der Waals surface area (Å²) < 4.78 is 0. The molecule has 0 nitrogen and oxygen atoms in total. The molecule has 0 spiro atoms. The second-order valence-electron chi connectivity index (χ2n) is 3.10. The summed E-state index contributed by atoms with van der Waals surface area (Å²) in [5.74, 6) is 0. The van der Waals surface area contributed by atoms with Crippen LogP contribution in [0.25, 0.3) is 5.57 Å². The third-order valence-electron chi connectivity index (χ3n) is 1.90. The molecule has 0 aliphatic rings. The minimum Gasteiger partial charge on any atom is -0.0990 e. The smallest absolute Gasteiger partial charge is 0.0406 e. The van der Waals surface area contributed by atoms with Crippen molar-refractivity contribution in [2.24, 2.45) is 0 Å². The maximum Gasteiger partial charge on any atom is 0.0406 e. The Hall–Kier alpha value is -1.27. The lowest BCUT2D eigenvalue weighted by Crippen LogP contribution is -1.84. The standard InChI is InChI=1S/C13H13Cl/c1-4-5-13(10(2)3)11-6-8-12(14)9-7-11/h4-9H,1-2H2,3H3/b13-5+. The van der Waals surface area contributed by atoms with E-state index in [0.717, 1.165) is 21.7 Å². The first-order valence-corrected chi connectivity index (χ1v) is 4.77. The highest BCUT2D eigenvalue weighted by molar-refractivity contribution is 6.30. The Balaban J connectivity index is 3.12. The summed E-state index contributed by atoms with van der Waals surface area (Å²) in [5.41, 5.74) is 3.23. The van der Waals surface area contributed by atoms with Gasteiger partial charge in [-0.05, 0) is 30.2 Å². The molecule has 72 valence electrons. The Morgan fingerprint density at radius 3 is 2.29 bits per heavy atom. The van der Waals surface area contributed by atoms with E-state index < -0.39 is 0 Å². The first-order valence-electron chi connectivity index (χ1n) is 4.39. The first kappa shape index (κ1) is 10.8. The highest BCUT2D eigenvalue weighted by atomic mass is 35.5. The van der Waals surface area contributed by atoms with Crippen molar-refractivity contribution < 1.29 is 0 Å². The minimum atomic E-state index is 0.744. The van der Waals surface area contributed by atoms with Gasteiger partial charge in [-0.1, -0.05) is 54.6 Å². The van der Waals surface area contributed by atoms with Crippen molar-refractivity contribution in [1.82, 2.24) is 0 Å². The summed E-state index contributed by atoms with van der Waals surface area (Å²) in [5, 5.41) is 0.744. The van der Waals surface area contributed by atoms with Crippen LogP contribution in [0.15, 0.2) is 55.1 Å². The number of allylic oxidation sites excluding steroid dienone is 4. The highest BCUT2D eigenvalue weighted by Crippen LogP contribution is 2.22. The van der Waals surface area contributed by atoms with Gasteiger partial charge in [0.1, 0.15) is 0 Å². The monoisotopic (exact) mass is 204 g/mol. The van der Waals surface area contributed by atoms with Crippen LogP contribution in [-0.4, -0.2) is 0 Å². The Labute approximate surface area is 90.2 Å². The minimum absolute atomic E-state index is 0.744. The third-order valence-corrected chi connectivity index (χ3v) is 2.15. The molecule has 1 rings (SSSR count). The SMILES string of the molecule is C=C/C=C(\C(=C)C)c1ccc(Cl)cc1. The van der Waals surface area contributed by atoms with E-state index in [9.17, 15) is 0 Å². The average Bonchev–Trinajstić information content (AvgIpc) is 2.15. The van der Waals surface area contributed by atoms with Crippen LogP contribution in [0.2, 0.25) is 5.02 Å². The topological polar surface area (TPSA) is 0 Å². The molecule has 0 heterocycles. The van der Waals surface area contributed by atoms with Gasteiger partial charge < -0.3 is 0 Å². The number of rotatable bonds is 3. The van der Waals surface area contributed by atoms with Gasteiger partial charge in [-0.3, -0.25) is 0 Å². The fraction of sp³-hybridized carbons (Fsp3) is 0.0769. The molecule has 0 saturated heterocycles. The van der Waals surface area contributed by atoms with Gasteiger partial charge in [0.15, 0.2) is 0 Å². The number of hydrogen-bond acceptors (Lipinski definition) is 0. The van der Waals surface area contributed by atoms with Crippen molar-refractivity contribution in [3.8, 4) is 0 Å². The zero-order valence-electron chi connectivity index (χ0n) is 8.26. The second kappa shape index (κ2) is 4.83. The summed E-state index contributed by atoms with van der Waals surface area (Å²) in [4.78, 5) is 0. The van der Waals surface area contributed by atoms with Crippen molar-refractivity contribution >= 4 is 17.2 Å². The largest absolute Gasteiger partial charge is 0.0990 e.